The van der Waals surface area contributed by atoms with Crippen LogP contribution in [0.2, 0.25) is 0 Å². The molecule has 3 aromatic carbocycles. The third kappa shape index (κ3) is 4.98. The first kappa shape index (κ1) is 26.1. The number of aliphatic carboxylic acids is 1. The second-order valence-corrected chi connectivity index (χ2v) is 10.3. The number of aliphatic hydroxyl groups is 1. The summed E-state index contributed by atoms with van der Waals surface area (Å²) < 4.78 is 0. The van der Waals surface area contributed by atoms with E-state index in [2.05, 4.69) is 4.98 Å². The summed E-state index contributed by atoms with van der Waals surface area (Å²) in [6.07, 6.45) is 0.672. The summed E-state index contributed by atoms with van der Waals surface area (Å²) >= 11 is 1.23. The van der Waals surface area contributed by atoms with E-state index >= 15 is 0 Å². The number of carbonyl (C=O) groups is 3. The summed E-state index contributed by atoms with van der Waals surface area (Å²) in [4.78, 5) is 45.0. The van der Waals surface area contributed by atoms with Gasteiger partial charge < -0.3 is 10.2 Å². The predicted molar refractivity (Wildman–Crippen MR) is 150 cm³/mol. The third-order valence-electron chi connectivity index (χ3n) is 6.75. The Kier molecular flexibility index (Phi) is 7.13. The van der Waals surface area contributed by atoms with Crippen molar-refractivity contribution in [1.29, 1.82) is 0 Å². The molecule has 1 aliphatic heterocycles. The Morgan fingerprint density at radius 3 is 2.21 bits per heavy atom. The molecule has 1 unspecified atom stereocenters. The Morgan fingerprint density at radius 1 is 0.949 bits per heavy atom. The highest BCUT2D eigenvalue weighted by atomic mass is 32.1. The number of rotatable bonds is 8. The highest BCUT2D eigenvalue weighted by Crippen LogP contribution is 2.43. The molecule has 1 aromatic heterocycles. The summed E-state index contributed by atoms with van der Waals surface area (Å²) in [5, 5.41) is 20.9. The lowest BCUT2D eigenvalue weighted by Gasteiger charge is -2.27. The number of carbonyl (C=O) groups excluding carboxylic acids is 2. The van der Waals surface area contributed by atoms with E-state index in [1.54, 1.807) is 31.2 Å². The van der Waals surface area contributed by atoms with Crippen LogP contribution in [0.25, 0.3) is 10.6 Å². The number of ketones is 1. The van der Waals surface area contributed by atoms with Crippen molar-refractivity contribution < 1.29 is 24.6 Å². The van der Waals surface area contributed by atoms with Gasteiger partial charge in [0.2, 0.25) is 5.78 Å². The second kappa shape index (κ2) is 10.7. The molecule has 0 saturated heterocycles. The maximum Gasteiger partial charge on any atom is 0.307 e. The van der Waals surface area contributed by atoms with Gasteiger partial charge in [0.15, 0.2) is 5.76 Å². The molecular weight excluding hydrogens is 512 g/mol. The van der Waals surface area contributed by atoms with Crippen molar-refractivity contribution in [3.05, 3.63) is 117 Å². The van der Waals surface area contributed by atoms with Crippen LogP contribution in [0.4, 0.5) is 5.69 Å². The van der Waals surface area contributed by atoms with Gasteiger partial charge in [-0.3, -0.25) is 19.3 Å². The van der Waals surface area contributed by atoms with E-state index in [9.17, 15) is 19.5 Å². The van der Waals surface area contributed by atoms with Crippen molar-refractivity contribution in [2.75, 3.05) is 4.90 Å². The second-order valence-electron chi connectivity index (χ2n) is 9.30. The fraction of sp³-hybridized carbons (Fsp3) is 0.161. The minimum absolute atomic E-state index is 0.00905. The first-order chi connectivity index (χ1) is 18.8. The lowest BCUT2D eigenvalue weighted by Crippen LogP contribution is -2.31. The lowest BCUT2D eigenvalue weighted by atomic mass is 9.94. The normalized spacial score (nSPS) is 15.2. The molecule has 0 spiro atoms. The third-order valence-corrected chi connectivity index (χ3v) is 7.96. The van der Waals surface area contributed by atoms with E-state index in [-0.39, 0.29) is 12.0 Å². The molecule has 39 heavy (non-hydrogen) atoms. The summed E-state index contributed by atoms with van der Waals surface area (Å²) in [5.41, 5.74) is 4.18. The molecule has 0 saturated carbocycles. The number of hydrogen-bond acceptors (Lipinski definition) is 6. The monoisotopic (exact) mass is 538 g/mol. The molecule has 0 radical (unpaired) electrons. The van der Waals surface area contributed by atoms with Gasteiger partial charge in [-0.2, -0.15) is 0 Å². The van der Waals surface area contributed by atoms with Gasteiger partial charge in [0, 0.05) is 11.3 Å². The average molecular weight is 539 g/mol. The summed E-state index contributed by atoms with van der Waals surface area (Å²) in [5.74, 6) is -2.71. The molecule has 5 rings (SSSR count). The number of thiazole rings is 1. The van der Waals surface area contributed by atoms with Crippen LogP contribution < -0.4 is 4.90 Å². The molecule has 7 nitrogen and oxygen atoms in total. The zero-order valence-corrected chi connectivity index (χ0v) is 22.2. The zero-order valence-electron chi connectivity index (χ0n) is 21.4. The number of aryl methyl sites for hydroxylation is 2. The van der Waals surface area contributed by atoms with Gasteiger partial charge in [-0.1, -0.05) is 73.7 Å². The molecule has 4 aromatic rings. The van der Waals surface area contributed by atoms with Crippen LogP contribution in [0.15, 0.2) is 90.2 Å². The number of hydrogen-bond donors (Lipinski definition) is 2. The van der Waals surface area contributed by atoms with E-state index < -0.39 is 29.5 Å². The zero-order chi connectivity index (χ0) is 27.7. The molecular formula is C31H26N2O5S. The molecule has 0 fully saturated rings. The number of benzene rings is 3. The van der Waals surface area contributed by atoms with E-state index in [0.717, 1.165) is 17.5 Å². The quantitative estimate of drug-likeness (QED) is 0.263. The van der Waals surface area contributed by atoms with Crippen molar-refractivity contribution >= 4 is 34.7 Å². The van der Waals surface area contributed by atoms with Crippen LogP contribution in [-0.2, 0) is 22.4 Å². The molecule has 1 atom stereocenters. The van der Waals surface area contributed by atoms with Gasteiger partial charge >= 0.3 is 5.97 Å². The van der Waals surface area contributed by atoms with Crippen LogP contribution in [0.3, 0.4) is 0 Å². The van der Waals surface area contributed by atoms with Crippen LogP contribution >= 0.6 is 11.3 Å². The van der Waals surface area contributed by atoms with Crippen molar-refractivity contribution in [2.24, 2.45) is 0 Å². The highest BCUT2D eigenvalue weighted by Gasteiger charge is 2.45. The molecule has 1 amide bonds. The van der Waals surface area contributed by atoms with Crippen LogP contribution in [-0.4, -0.2) is 32.9 Å². The van der Waals surface area contributed by atoms with Gasteiger partial charge in [-0.25, -0.2) is 4.98 Å². The Hall–Kier alpha value is -4.56. The number of carboxylic acid groups (broad SMARTS) is 1. The fourth-order valence-corrected chi connectivity index (χ4v) is 5.76. The predicted octanol–water partition coefficient (Wildman–Crippen LogP) is 6.09. The minimum atomic E-state index is -0.962. The first-order valence-corrected chi connectivity index (χ1v) is 13.3. The topological polar surface area (TPSA) is 108 Å². The molecule has 8 heteroatoms. The number of nitrogens with zero attached hydrogens (tertiary/aromatic N) is 2. The largest absolute Gasteiger partial charge is 0.503 e. The molecule has 196 valence electrons. The van der Waals surface area contributed by atoms with Gasteiger partial charge in [-0.05, 0) is 42.2 Å². The molecule has 1 aliphatic rings. The van der Waals surface area contributed by atoms with Crippen LogP contribution in [0.5, 0.6) is 0 Å². The first-order valence-electron chi connectivity index (χ1n) is 12.5. The number of aromatic nitrogens is 1. The number of carboxylic acids is 1. The van der Waals surface area contributed by atoms with Crippen molar-refractivity contribution in [1.82, 2.24) is 4.98 Å². The van der Waals surface area contributed by atoms with E-state index in [1.165, 1.54) is 16.2 Å². The van der Waals surface area contributed by atoms with Gasteiger partial charge in [0.25, 0.3) is 5.91 Å². The maximum atomic E-state index is 14.0. The summed E-state index contributed by atoms with van der Waals surface area (Å²) in [6.45, 7) is 3.78. The maximum absolute atomic E-state index is 14.0. The molecule has 2 heterocycles. The summed E-state index contributed by atoms with van der Waals surface area (Å²) in [7, 11) is 0. The Labute approximate surface area is 229 Å². The Balaban J connectivity index is 1.59. The van der Waals surface area contributed by atoms with Crippen molar-refractivity contribution in [3.63, 3.8) is 0 Å². The SMILES string of the molecule is CCc1ccc(C2C(C(=O)c3sc(-c4ccccc4)nc3C)=C(O)C(=O)N2c2ccc(CC(=O)O)cc2)cc1. The highest BCUT2D eigenvalue weighted by molar-refractivity contribution is 7.17. The van der Waals surface area contributed by atoms with E-state index in [0.29, 0.717) is 32.4 Å². The summed E-state index contributed by atoms with van der Waals surface area (Å²) in [6, 6.07) is 22.8. The van der Waals surface area contributed by atoms with Crippen LogP contribution in [0.1, 0.15) is 45.0 Å². The number of amides is 1. The lowest BCUT2D eigenvalue weighted by molar-refractivity contribution is -0.136. The van der Waals surface area contributed by atoms with E-state index in [1.807, 2.05) is 61.5 Å². The molecule has 0 aliphatic carbocycles. The van der Waals surface area contributed by atoms with Crippen molar-refractivity contribution in [3.8, 4) is 10.6 Å². The fourth-order valence-electron chi connectivity index (χ4n) is 4.74. The molecule has 2 N–H and O–H groups in total. The Morgan fingerprint density at radius 2 is 1.59 bits per heavy atom. The van der Waals surface area contributed by atoms with Gasteiger partial charge in [-0.15, -0.1) is 11.3 Å². The minimum Gasteiger partial charge on any atom is -0.503 e. The van der Waals surface area contributed by atoms with Crippen LogP contribution in [0, 0.1) is 6.92 Å². The Bertz CT molecular complexity index is 1590. The van der Waals surface area contributed by atoms with Gasteiger partial charge in [0.05, 0.1) is 28.6 Å². The smallest absolute Gasteiger partial charge is 0.307 e. The average Bonchev–Trinajstić information content (AvgIpc) is 3.46. The van der Waals surface area contributed by atoms with Gasteiger partial charge in [0.1, 0.15) is 5.01 Å². The number of anilines is 1. The molecule has 0 bridgehead atoms. The number of Topliss-reactive ketones (excluding diaryl/α,β-unsaturated/α-hetero) is 1. The van der Waals surface area contributed by atoms with E-state index in [4.69, 9.17) is 5.11 Å². The van der Waals surface area contributed by atoms with Crippen molar-refractivity contribution in [2.45, 2.75) is 32.7 Å². The number of aliphatic hydroxyl groups excluding tert-OH is 1. The standard InChI is InChI=1S/C31H26N2O5S/c1-3-19-9-13-21(14-10-19)26-25(27(36)29-18(2)32-30(39-29)22-7-5-4-6-8-22)28(37)31(38)33(26)23-15-11-20(12-16-23)17-24(34)35/h4-16,26,37H,3,17H2,1-2H3,(H,34,35).